The molecular formula is C18H28N2O3. The number of hydrogen-bond acceptors (Lipinski definition) is 4. The van der Waals surface area contributed by atoms with Crippen molar-refractivity contribution in [1.82, 2.24) is 4.90 Å². The standard InChI is InChI=1S/C18H28N2O3/c1-2-3-14-23-18(21)19-16-7-9-17(10-8-16)22-15-13-20-11-5-4-6-12-20/h7-10H,2-6,11-15H2,1H3,(H,19,21). The molecule has 1 aliphatic rings. The number of likely N-dealkylation sites (tertiary alicyclic amines) is 1. The predicted molar refractivity (Wildman–Crippen MR) is 92.1 cm³/mol. The Kier molecular flexibility index (Phi) is 7.73. The highest BCUT2D eigenvalue weighted by Crippen LogP contribution is 2.16. The van der Waals surface area contributed by atoms with Crippen molar-refractivity contribution in [3.63, 3.8) is 0 Å². The number of carbonyl (C=O) groups excluding carboxylic acids is 1. The van der Waals surface area contributed by atoms with Gasteiger partial charge in [-0.25, -0.2) is 4.79 Å². The Bertz CT molecular complexity index is 456. The third-order valence-corrected chi connectivity index (χ3v) is 3.96. The van der Waals surface area contributed by atoms with Crippen LogP contribution in [0.2, 0.25) is 0 Å². The molecule has 1 aliphatic heterocycles. The van der Waals surface area contributed by atoms with Crippen LogP contribution in [0.15, 0.2) is 24.3 Å². The first-order valence-electron chi connectivity index (χ1n) is 8.67. The number of nitrogens with zero attached hydrogens (tertiary/aromatic N) is 1. The monoisotopic (exact) mass is 320 g/mol. The van der Waals surface area contributed by atoms with Gasteiger partial charge >= 0.3 is 6.09 Å². The minimum Gasteiger partial charge on any atom is -0.492 e. The van der Waals surface area contributed by atoms with E-state index in [0.717, 1.165) is 30.8 Å². The van der Waals surface area contributed by atoms with Crippen LogP contribution in [-0.2, 0) is 4.74 Å². The molecule has 0 bridgehead atoms. The van der Waals surface area contributed by atoms with Crippen LogP contribution in [0, 0.1) is 0 Å². The minimum atomic E-state index is -0.405. The maximum atomic E-state index is 11.5. The number of benzene rings is 1. The summed E-state index contributed by atoms with van der Waals surface area (Å²) in [6.45, 7) is 6.57. The molecule has 1 fully saturated rings. The first kappa shape index (κ1) is 17.6. The number of ether oxygens (including phenoxy) is 2. The first-order valence-corrected chi connectivity index (χ1v) is 8.67. The van der Waals surface area contributed by atoms with Gasteiger partial charge in [-0.2, -0.15) is 0 Å². The average Bonchev–Trinajstić information content (AvgIpc) is 2.58. The molecule has 1 N–H and O–H groups in total. The molecule has 23 heavy (non-hydrogen) atoms. The van der Waals surface area contributed by atoms with Gasteiger partial charge in [0.2, 0.25) is 0 Å². The van der Waals surface area contributed by atoms with Crippen molar-refractivity contribution in [2.45, 2.75) is 39.0 Å². The molecule has 1 heterocycles. The predicted octanol–water partition coefficient (Wildman–Crippen LogP) is 3.90. The second-order valence-corrected chi connectivity index (χ2v) is 5.89. The van der Waals surface area contributed by atoms with Gasteiger partial charge in [0.15, 0.2) is 0 Å². The van der Waals surface area contributed by atoms with Gasteiger partial charge < -0.3 is 9.47 Å². The topological polar surface area (TPSA) is 50.8 Å². The SMILES string of the molecule is CCCCOC(=O)Nc1ccc(OCCN2CCCCC2)cc1. The van der Waals surface area contributed by atoms with E-state index in [1.165, 1.54) is 32.4 Å². The summed E-state index contributed by atoms with van der Waals surface area (Å²) in [4.78, 5) is 14.0. The van der Waals surface area contributed by atoms with E-state index in [0.29, 0.717) is 13.2 Å². The molecular weight excluding hydrogens is 292 g/mol. The Morgan fingerprint density at radius 1 is 1.13 bits per heavy atom. The lowest BCUT2D eigenvalue weighted by molar-refractivity contribution is 0.160. The summed E-state index contributed by atoms with van der Waals surface area (Å²) in [5.41, 5.74) is 0.717. The Morgan fingerprint density at radius 3 is 2.57 bits per heavy atom. The molecule has 128 valence electrons. The Hall–Kier alpha value is -1.75. The van der Waals surface area contributed by atoms with Crippen LogP contribution in [0.4, 0.5) is 10.5 Å². The summed E-state index contributed by atoms with van der Waals surface area (Å²) < 4.78 is 10.8. The number of rotatable bonds is 8. The number of nitrogens with one attached hydrogen (secondary N) is 1. The van der Waals surface area contributed by atoms with Gasteiger partial charge in [0.05, 0.1) is 6.61 Å². The zero-order valence-electron chi connectivity index (χ0n) is 14.1. The fraction of sp³-hybridized carbons (Fsp3) is 0.611. The normalized spacial score (nSPS) is 15.2. The van der Waals surface area contributed by atoms with E-state index >= 15 is 0 Å². The van der Waals surface area contributed by atoms with Crippen molar-refractivity contribution < 1.29 is 14.3 Å². The van der Waals surface area contributed by atoms with Crippen LogP contribution in [-0.4, -0.2) is 43.8 Å². The van der Waals surface area contributed by atoms with Gasteiger partial charge in [-0.05, 0) is 56.6 Å². The number of unbranched alkanes of at least 4 members (excludes halogenated alkanes) is 1. The minimum absolute atomic E-state index is 0.405. The molecule has 0 aromatic heterocycles. The molecule has 1 aromatic rings. The molecule has 0 aliphatic carbocycles. The summed E-state index contributed by atoms with van der Waals surface area (Å²) in [5.74, 6) is 0.826. The summed E-state index contributed by atoms with van der Waals surface area (Å²) in [7, 11) is 0. The Balaban J connectivity index is 1.66. The second-order valence-electron chi connectivity index (χ2n) is 5.89. The quantitative estimate of drug-likeness (QED) is 0.738. The van der Waals surface area contributed by atoms with Crippen molar-refractivity contribution in [2.75, 3.05) is 38.2 Å². The molecule has 0 atom stereocenters. The number of piperidine rings is 1. The Labute approximate surface area is 139 Å². The van der Waals surface area contributed by atoms with Gasteiger partial charge in [0, 0.05) is 12.2 Å². The number of carbonyl (C=O) groups is 1. The van der Waals surface area contributed by atoms with Crippen LogP contribution in [0.5, 0.6) is 5.75 Å². The lowest BCUT2D eigenvalue weighted by atomic mass is 10.1. The smallest absolute Gasteiger partial charge is 0.411 e. The second kappa shape index (κ2) is 10.1. The lowest BCUT2D eigenvalue weighted by Gasteiger charge is -2.26. The van der Waals surface area contributed by atoms with Gasteiger partial charge in [0.1, 0.15) is 12.4 Å². The molecule has 0 saturated carbocycles. The van der Waals surface area contributed by atoms with E-state index < -0.39 is 6.09 Å². The van der Waals surface area contributed by atoms with Crippen LogP contribution >= 0.6 is 0 Å². The van der Waals surface area contributed by atoms with E-state index in [1.54, 1.807) is 0 Å². The van der Waals surface area contributed by atoms with Gasteiger partial charge in [-0.1, -0.05) is 19.8 Å². The van der Waals surface area contributed by atoms with E-state index in [2.05, 4.69) is 17.1 Å². The van der Waals surface area contributed by atoms with E-state index in [9.17, 15) is 4.79 Å². The highest BCUT2D eigenvalue weighted by Gasteiger charge is 2.09. The molecule has 5 nitrogen and oxygen atoms in total. The summed E-state index contributed by atoms with van der Waals surface area (Å²) >= 11 is 0. The van der Waals surface area contributed by atoms with Crippen molar-refractivity contribution in [2.24, 2.45) is 0 Å². The largest absolute Gasteiger partial charge is 0.492 e. The fourth-order valence-electron chi connectivity index (χ4n) is 2.57. The highest BCUT2D eigenvalue weighted by atomic mass is 16.5. The van der Waals surface area contributed by atoms with E-state index in [-0.39, 0.29) is 0 Å². The summed E-state index contributed by atoms with van der Waals surface area (Å²) in [5, 5.41) is 2.71. The molecule has 0 spiro atoms. The van der Waals surface area contributed by atoms with E-state index in [1.807, 2.05) is 24.3 Å². The number of hydrogen-bond donors (Lipinski definition) is 1. The van der Waals surface area contributed by atoms with Crippen molar-refractivity contribution in [1.29, 1.82) is 0 Å². The molecule has 1 amide bonds. The first-order chi connectivity index (χ1) is 11.3. The van der Waals surface area contributed by atoms with Gasteiger partial charge in [0.25, 0.3) is 0 Å². The van der Waals surface area contributed by atoms with Crippen LogP contribution < -0.4 is 10.1 Å². The summed E-state index contributed by atoms with van der Waals surface area (Å²) in [6, 6.07) is 7.41. The average molecular weight is 320 g/mol. The van der Waals surface area contributed by atoms with Crippen molar-refractivity contribution >= 4 is 11.8 Å². The maximum Gasteiger partial charge on any atom is 0.411 e. The molecule has 1 aromatic carbocycles. The molecule has 0 unspecified atom stereocenters. The van der Waals surface area contributed by atoms with Gasteiger partial charge in [-0.15, -0.1) is 0 Å². The molecule has 5 heteroatoms. The summed E-state index contributed by atoms with van der Waals surface area (Å²) in [6.07, 6.45) is 5.45. The van der Waals surface area contributed by atoms with Crippen LogP contribution in [0.3, 0.4) is 0 Å². The lowest BCUT2D eigenvalue weighted by Crippen LogP contribution is -2.33. The van der Waals surface area contributed by atoms with Crippen molar-refractivity contribution in [3.05, 3.63) is 24.3 Å². The maximum absolute atomic E-state index is 11.5. The zero-order chi connectivity index (χ0) is 16.3. The molecule has 2 rings (SSSR count). The highest BCUT2D eigenvalue weighted by molar-refractivity contribution is 5.84. The number of amides is 1. The fourth-order valence-corrected chi connectivity index (χ4v) is 2.57. The zero-order valence-corrected chi connectivity index (χ0v) is 14.1. The van der Waals surface area contributed by atoms with Crippen LogP contribution in [0.25, 0.3) is 0 Å². The van der Waals surface area contributed by atoms with Crippen LogP contribution in [0.1, 0.15) is 39.0 Å². The third-order valence-electron chi connectivity index (χ3n) is 3.96. The van der Waals surface area contributed by atoms with E-state index in [4.69, 9.17) is 9.47 Å². The molecule has 1 saturated heterocycles. The van der Waals surface area contributed by atoms with Crippen molar-refractivity contribution in [3.8, 4) is 5.75 Å². The van der Waals surface area contributed by atoms with Gasteiger partial charge in [-0.3, -0.25) is 10.2 Å². The third kappa shape index (κ3) is 6.91. The molecule has 0 radical (unpaired) electrons. The Morgan fingerprint density at radius 2 is 1.87 bits per heavy atom. The number of anilines is 1.